The van der Waals surface area contributed by atoms with Crippen molar-refractivity contribution in [3.63, 3.8) is 0 Å². The van der Waals surface area contributed by atoms with Gasteiger partial charge in [0.2, 0.25) is 0 Å². The van der Waals surface area contributed by atoms with Gasteiger partial charge in [-0.3, -0.25) is 0 Å². The van der Waals surface area contributed by atoms with E-state index in [0.29, 0.717) is 5.92 Å². The fourth-order valence-corrected chi connectivity index (χ4v) is 4.19. The summed E-state index contributed by atoms with van der Waals surface area (Å²) in [5, 5.41) is 10.6. The molecule has 0 amide bonds. The monoisotopic (exact) mass is 316 g/mol. The van der Waals surface area contributed by atoms with Gasteiger partial charge in [0.1, 0.15) is 0 Å². The van der Waals surface area contributed by atoms with Gasteiger partial charge in [0, 0.05) is 19.6 Å². The zero-order valence-electron chi connectivity index (χ0n) is 14.5. The Morgan fingerprint density at radius 2 is 1.70 bits per heavy atom. The summed E-state index contributed by atoms with van der Waals surface area (Å²) < 4.78 is 0. The van der Waals surface area contributed by atoms with E-state index in [-0.39, 0.29) is 6.10 Å². The van der Waals surface area contributed by atoms with Crippen LogP contribution >= 0.6 is 0 Å². The van der Waals surface area contributed by atoms with E-state index in [2.05, 4.69) is 28.9 Å². The maximum atomic E-state index is 10.6. The summed E-state index contributed by atoms with van der Waals surface area (Å²) in [5.41, 5.74) is 1.08. The fourth-order valence-electron chi connectivity index (χ4n) is 4.19. The Balaban J connectivity index is 1.40. The van der Waals surface area contributed by atoms with Crippen molar-refractivity contribution < 1.29 is 5.11 Å². The SMILES string of the molecule is C[C@@H]1CCCN(CCN2CCC([C@@H](O)c3ccccc3)CC2)C1. The molecular weight excluding hydrogens is 284 g/mol. The van der Waals surface area contributed by atoms with Gasteiger partial charge in [-0.15, -0.1) is 0 Å². The minimum Gasteiger partial charge on any atom is -0.388 e. The molecule has 2 heterocycles. The summed E-state index contributed by atoms with van der Waals surface area (Å²) in [5.74, 6) is 1.29. The van der Waals surface area contributed by atoms with Gasteiger partial charge in [-0.25, -0.2) is 0 Å². The van der Waals surface area contributed by atoms with Crippen molar-refractivity contribution in [2.45, 2.75) is 38.7 Å². The van der Waals surface area contributed by atoms with Crippen LogP contribution in [0.5, 0.6) is 0 Å². The largest absolute Gasteiger partial charge is 0.388 e. The summed E-state index contributed by atoms with van der Waals surface area (Å²) in [4.78, 5) is 5.23. The number of benzene rings is 1. The summed E-state index contributed by atoms with van der Waals surface area (Å²) in [6.07, 6.45) is 4.71. The number of nitrogens with zero attached hydrogens (tertiary/aromatic N) is 2. The van der Waals surface area contributed by atoms with Gasteiger partial charge in [-0.2, -0.15) is 0 Å². The molecule has 2 fully saturated rings. The lowest BCUT2D eigenvalue weighted by Crippen LogP contribution is -2.43. The third-order valence-electron chi connectivity index (χ3n) is 5.69. The molecule has 0 unspecified atom stereocenters. The van der Waals surface area contributed by atoms with Crippen LogP contribution in [0, 0.1) is 11.8 Å². The second-order valence-corrected chi connectivity index (χ2v) is 7.58. The normalized spacial score (nSPS) is 26.3. The first-order chi connectivity index (χ1) is 11.2. The van der Waals surface area contributed by atoms with E-state index in [9.17, 15) is 5.11 Å². The third kappa shape index (κ3) is 4.79. The Bertz CT molecular complexity index is 456. The lowest BCUT2D eigenvalue weighted by Gasteiger charge is -2.37. The van der Waals surface area contributed by atoms with Gasteiger partial charge >= 0.3 is 0 Å². The van der Waals surface area contributed by atoms with Crippen molar-refractivity contribution in [3.8, 4) is 0 Å². The first kappa shape index (κ1) is 16.9. The van der Waals surface area contributed by atoms with Crippen molar-refractivity contribution >= 4 is 0 Å². The van der Waals surface area contributed by atoms with E-state index in [1.807, 2.05) is 18.2 Å². The van der Waals surface area contributed by atoms with Gasteiger partial charge < -0.3 is 14.9 Å². The van der Waals surface area contributed by atoms with E-state index < -0.39 is 0 Å². The second kappa shape index (κ2) is 8.27. The minimum absolute atomic E-state index is 0.290. The first-order valence-electron chi connectivity index (χ1n) is 9.40. The predicted molar refractivity (Wildman–Crippen MR) is 95.4 cm³/mol. The number of rotatable bonds is 5. The molecule has 2 aliphatic heterocycles. The van der Waals surface area contributed by atoms with Gasteiger partial charge in [-0.1, -0.05) is 37.3 Å². The molecule has 2 saturated heterocycles. The first-order valence-corrected chi connectivity index (χ1v) is 9.40. The van der Waals surface area contributed by atoms with Crippen LogP contribution in [-0.2, 0) is 0 Å². The Hall–Kier alpha value is -0.900. The summed E-state index contributed by atoms with van der Waals surface area (Å²) in [6, 6.07) is 10.2. The van der Waals surface area contributed by atoms with Crippen LogP contribution < -0.4 is 0 Å². The number of likely N-dealkylation sites (tertiary alicyclic amines) is 2. The van der Waals surface area contributed by atoms with E-state index in [0.717, 1.165) is 37.4 Å². The van der Waals surface area contributed by atoms with Crippen molar-refractivity contribution in [2.75, 3.05) is 39.3 Å². The topological polar surface area (TPSA) is 26.7 Å². The molecule has 0 radical (unpaired) electrons. The van der Waals surface area contributed by atoms with Crippen molar-refractivity contribution in [3.05, 3.63) is 35.9 Å². The van der Waals surface area contributed by atoms with Crippen LogP contribution in [0.25, 0.3) is 0 Å². The predicted octanol–water partition coefficient (Wildman–Crippen LogP) is 3.16. The minimum atomic E-state index is -0.290. The van der Waals surface area contributed by atoms with Gasteiger partial charge in [0.05, 0.1) is 6.10 Å². The molecule has 0 bridgehead atoms. The molecule has 0 spiro atoms. The highest BCUT2D eigenvalue weighted by atomic mass is 16.3. The van der Waals surface area contributed by atoms with Crippen molar-refractivity contribution in [2.24, 2.45) is 11.8 Å². The van der Waals surface area contributed by atoms with E-state index in [1.165, 1.54) is 39.0 Å². The standard InChI is InChI=1S/C20H32N2O/c1-17-6-5-11-22(16-17)15-14-21-12-9-19(10-13-21)20(23)18-7-3-2-4-8-18/h2-4,7-8,17,19-20,23H,5-6,9-16H2,1H3/t17-,20+/m1/s1. The highest BCUT2D eigenvalue weighted by Crippen LogP contribution is 2.30. The average Bonchev–Trinajstić information content (AvgIpc) is 2.61. The Morgan fingerprint density at radius 1 is 1.00 bits per heavy atom. The maximum absolute atomic E-state index is 10.6. The smallest absolute Gasteiger partial charge is 0.0819 e. The molecule has 1 aromatic carbocycles. The Labute approximate surface area is 141 Å². The molecule has 3 rings (SSSR count). The van der Waals surface area contributed by atoms with E-state index >= 15 is 0 Å². The lowest BCUT2D eigenvalue weighted by molar-refractivity contribution is 0.0538. The van der Waals surface area contributed by atoms with Crippen LogP contribution in [0.15, 0.2) is 30.3 Å². The molecular formula is C20H32N2O. The Morgan fingerprint density at radius 3 is 2.39 bits per heavy atom. The molecule has 3 heteroatoms. The molecule has 128 valence electrons. The van der Waals surface area contributed by atoms with E-state index in [4.69, 9.17) is 0 Å². The van der Waals surface area contributed by atoms with Gasteiger partial charge in [0.25, 0.3) is 0 Å². The van der Waals surface area contributed by atoms with Crippen LogP contribution in [0.4, 0.5) is 0 Å². The number of hydrogen-bond donors (Lipinski definition) is 1. The molecule has 2 atom stereocenters. The van der Waals surface area contributed by atoms with Crippen molar-refractivity contribution in [1.82, 2.24) is 9.80 Å². The molecule has 2 aliphatic rings. The molecule has 23 heavy (non-hydrogen) atoms. The van der Waals surface area contributed by atoms with E-state index in [1.54, 1.807) is 0 Å². The highest BCUT2D eigenvalue weighted by molar-refractivity contribution is 5.18. The number of aliphatic hydroxyl groups excluding tert-OH is 1. The van der Waals surface area contributed by atoms with Gasteiger partial charge in [0.15, 0.2) is 0 Å². The highest BCUT2D eigenvalue weighted by Gasteiger charge is 2.26. The molecule has 0 saturated carbocycles. The Kier molecular flexibility index (Phi) is 6.09. The van der Waals surface area contributed by atoms with Crippen LogP contribution in [-0.4, -0.2) is 54.2 Å². The third-order valence-corrected chi connectivity index (χ3v) is 5.69. The number of aliphatic hydroxyl groups is 1. The van der Waals surface area contributed by atoms with Gasteiger partial charge in [-0.05, 0) is 62.7 Å². The van der Waals surface area contributed by atoms with Crippen molar-refractivity contribution in [1.29, 1.82) is 0 Å². The molecule has 1 N–H and O–H groups in total. The second-order valence-electron chi connectivity index (χ2n) is 7.58. The lowest BCUT2D eigenvalue weighted by atomic mass is 9.87. The number of hydrogen-bond acceptors (Lipinski definition) is 3. The molecule has 0 aliphatic carbocycles. The quantitative estimate of drug-likeness (QED) is 0.904. The summed E-state index contributed by atoms with van der Waals surface area (Å²) in [6.45, 7) is 9.63. The average molecular weight is 316 g/mol. The number of piperidine rings is 2. The zero-order chi connectivity index (χ0) is 16.1. The maximum Gasteiger partial charge on any atom is 0.0819 e. The fraction of sp³-hybridized carbons (Fsp3) is 0.700. The molecule has 0 aromatic heterocycles. The zero-order valence-corrected chi connectivity index (χ0v) is 14.5. The van der Waals surface area contributed by atoms with Crippen LogP contribution in [0.2, 0.25) is 0 Å². The van der Waals surface area contributed by atoms with Crippen LogP contribution in [0.1, 0.15) is 44.3 Å². The summed E-state index contributed by atoms with van der Waals surface area (Å²) >= 11 is 0. The molecule has 1 aromatic rings. The molecule has 3 nitrogen and oxygen atoms in total. The van der Waals surface area contributed by atoms with Crippen LogP contribution in [0.3, 0.4) is 0 Å². The summed E-state index contributed by atoms with van der Waals surface area (Å²) in [7, 11) is 0.